The monoisotopic (exact) mass is 427 g/mol. The van der Waals surface area contributed by atoms with Crippen LogP contribution in [0.15, 0.2) is 42.5 Å². The van der Waals surface area contributed by atoms with Gasteiger partial charge in [0, 0.05) is 38.8 Å². The van der Waals surface area contributed by atoms with Gasteiger partial charge in [0.25, 0.3) is 0 Å². The van der Waals surface area contributed by atoms with Gasteiger partial charge in [0.15, 0.2) is 5.11 Å². The molecule has 1 N–H and O–H groups in total. The van der Waals surface area contributed by atoms with Crippen molar-refractivity contribution in [3.8, 4) is 11.5 Å². The van der Waals surface area contributed by atoms with Gasteiger partial charge in [0.1, 0.15) is 11.5 Å². The second-order valence-electron chi connectivity index (χ2n) is 8.71. The van der Waals surface area contributed by atoms with Crippen LogP contribution in [0.1, 0.15) is 31.9 Å². The summed E-state index contributed by atoms with van der Waals surface area (Å²) in [4.78, 5) is 4.71. The Labute approximate surface area is 186 Å². The summed E-state index contributed by atoms with van der Waals surface area (Å²) in [6.07, 6.45) is 0. The van der Waals surface area contributed by atoms with Crippen molar-refractivity contribution in [1.82, 2.24) is 9.80 Å². The molecule has 0 aliphatic carbocycles. The zero-order valence-corrected chi connectivity index (χ0v) is 19.5. The van der Waals surface area contributed by atoms with Gasteiger partial charge in [-0.1, -0.05) is 45.0 Å². The highest BCUT2D eigenvalue weighted by Gasteiger charge is 2.20. The van der Waals surface area contributed by atoms with E-state index in [0.29, 0.717) is 5.75 Å². The third kappa shape index (κ3) is 5.64. The predicted octanol–water partition coefficient (Wildman–Crippen LogP) is 4.52. The van der Waals surface area contributed by atoms with E-state index in [0.717, 1.165) is 49.3 Å². The summed E-state index contributed by atoms with van der Waals surface area (Å²) in [5, 5.41) is 4.05. The molecule has 1 heterocycles. The van der Waals surface area contributed by atoms with Crippen molar-refractivity contribution in [2.75, 3.05) is 45.7 Å². The lowest BCUT2D eigenvalue weighted by molar-refractivity contribution is 0.177. The SMILES string of the molecule is COc1ccc(NC(=S)N2CCN(Cc3ccc(C(C)(C)C)cc3)CC2)c(OC)c1. The van der Waals surface area contributed by atoms with Crippen LogP contribution < -0.4 is 14.8 Å². The first-order valence-corrected chi connectivity index (χ1v) is 10.8. The summed E-state index contributed by atoms with van der Waals surface area (Å²) in [5.41, 5.74) is 3.78. The second-order valence-corrected chi connectivity index (χ2v) is 9.09. The molecule has 0 radical (unpaired) electrons. The number of benzene rings is 2. The van der Waals surface area contributed by atoms with Crippen molar-refractivity contribution in [2.24, 2.45) is 0 Å². The van der Waals surface area contributed by atoms with Gasteiger partial charge in [0.2, 0.25) is 0 Å². The lowest BCUT2D eigenvalue weighted by Crippen LogP contribution is -2.49. The molecule has 6 heteroatoms. The van der Waals surface area contributed by atoms with E-state index in [2.05, 4.69) is 60.2 Å². The molecule has 0 bridgehead atoms. The van der Waals surface area contributed by atoms with Gasteiger partial charge in [-0.15, -0.1) is 0 Å². The highest BCUT2D eigenvalue weighted by atomic mass is 32.1. The molecule has 2 aromatic carbocycles. The van der Waals surface area contributed by atoms with E-state index >= 15 is 0 Å². The number of nitrogens with zero attached hydrogens (tertiary/aromatic N) is 2. The smallest absolute Gasteiger partial charge is 0.173 e. The molecule has 0 spiro atoms. The number of nitrogens with one attached hydrogen (secondary N) is 1. The Morgan fingerprint density at radius 3 is 2.20 bits per heavy atom. The molecule has 0 aromatic heterocycles. The van der Waals surface area contributed by atoms with E-state index < -0.39 is 0 Å². The molecule has 1 aliphatic heterocycles. The number of methoxy groups -OCH3 is 2. The molecule has 1 fully saturated rings. The number of hydrogen-bond donors (Lipinski definition) is 1. The standard InChI is InChI=1S/C24H33N3O2S/c1-24(2,3)19-8-6-18(7-9-19)17-26-12-14-27(15-13-26)23(30)25-21-11-10-20(28-4)16-22(21)29-5/h6-11,16H,12-15,17H2,1-5H3,(H,25,30). The van der Waals surface area contributed by atoms with E-state index in [1.54, 1.807) is 14.2 Å². The molecule has 0 atom stereocenters. The lowest BCUT2D eigenvalue weighted by Gasteiger charge is -2.36. The largest absolute Gasteiger partial charge is 0.497 e. The molecule has 0 unspecified atom stereocenters. The number of anilines is 1. The first-order chi connectivity index (χ1) is 14.3. The zero-order chi connectivity index (χ0) is 21.7. The topological polar surface area (TPSA) is 37.0 Å². The van der Waals surface area contributed by atoms with Crippen molar-refractivity contribution >= 4 is 23.0 Å². The summed E-state index contributed by atoms with van der Waals surface area (Å²) >= 11 is 5.65. The average Bonchev–Trinajstić information content (AvgIpc) is 2.74. The maximum Gasteiger partial charge on any atom is 0.173 e. The summed E-state index contributed by atoms with van der Waals surface area (Å²) in [5.74, 6) is 1.47. The summed E-state index contributed by atoms with van der Waals surface area (Å²) < 4.78 is 10.7. The number of ether oxygens (including phenoxy) is 2. The van der Waals surface area contributed by atoms with Crippen molar-refractivity contribution in [3.63, 3.8) is 0 Å². The lowest BCUT2D eigenvalue weighted by atomic mass is 9.87. The van der Waals surface area contributed by atoms with Crippen molar-refractivity contribution in [1.29, 1.82) is 0 Å². The average molecular weight is 428 g/mol. The van der Waals surface area contributed by atoms with Gasteiger partial charge in [-0.2, -0.15) is 0 Å². The minimum Gasteiger partial charge on any atom is -0.497 e. The molecule has 2 aromatic rings. The Kier molecular flexibility index (Phi) is 7.21. The van der Waals surface area contributed by atoms with Crippen LogP contribution in [-0.2, 0) is 12.0 Å². The van der Waals surface area contributed by atoms with E-state index in [-0.39, 0.29) is 5.41 Å². The first-order valence-electron chi connectivity index (χ1n) is 10.4. The molecule has 30 heavy (non-hydrogen) atoms. The van der Waals surface area contributed by atoms with Gasteiger partial charge >= 0.3 is 0 Å². The maximum absolute atomic E-state index is 5.65. The maximum atomic E-state index is 5.65. The minimum absolute atomic E-state index is 0.194. The number of piperazine rings is 1. The Morgan fingerprint density at radius 2 is 1.63 bits per heavy atom. The van der Waals surface area contributed by atoms with Crippen LogP contribution in [-0.4, -0.2) is 55.3 Å². The Morgan fingerprint density at radius 1 is 0.967 bits per heavy atom. The first kappa shape index (κ1) is 22.4. The third-order valence-electron chi connectivity index (χ3n) is 5.54. The molecular weight excluding hydrogens is 394 g/mol. The van der Waals surface area contributed by atoms with Crippen molar-refractivity contribution in [2.45, 2.75) is 32.7 Å². The van der Waals surface area contributed by atoms with Crippen LogP contribution in [0, 0.1) is 0 Å². The predicted molar refractivity (Wildman–Crippen MR) is 128 cm³/mol. The molecule has 1 aliphatic rings. The quantitative estimate of drug-likeness (QED) is 0.708. The Bertz CT molecular complexity index is 854. The Hall–Kier alpha value is -2.31. The molecule has 3 rings (SSSR count). The van der Waals surface area contributed by atoms with E-state index in [1.807, 2.05) is 18.2 Å². The van der Waals surface area contributed by atoms with Gasteiger partial charge in [-0.3, -0.25) is 4.90 Å². The molecule has 0 saturated carbocycles. The molecule has 1 saturated heterocycles. The molecule has 162 valence electrons. The third-order valence-corrected chi connectivity index (χ3v) is 5.90. The summed E-state index contributed by atoms with van der Waals surface area (Å²) in [6, 6.07) is 14.7. The summed E-state index contributed by atoms with van der Waals surface area (Å²) in [6.45, 7) is 11.5. The van der Waals surface area contributed by atoms with E-state index in [1.165, 1.54) is 11.1 Å². The summed E-state index contributed by atoms with van der Waals surface area (Å²) in [7, 11) is 3.29. The fraction of sp³-hybridized carbons (Fsp3) is 0.458. The highest BCUT2D eigenvalue weighted by molar-refractivity contribution is 7.80. The minimum atomic E-state index is 0.194. The van der Waals surface area contributed by atoms with Crippen LogP contribution in [0.3, 0.4) is 0 Å². The van der Waals surface area contributed by atoms with Crippen LogP contribution in [0.4, 0.5) is 5.69 Å². The van der Waals surface area contributed by atoms with Gasteiger partial charge in [-0.25, -0.2) is 0 Å². The van der Waals surface area contributed by atoms with Crippen molar-refractivity contribution < 1.29 is 9.47 Å². The van der Waals surface area contributed by atoms with Crippen LogP contribution in [0.5, 0.6) is 11.5 Å². The van der Waals surface area contributed by atoms with E-state index in [4.69, 9.17) is 21.7 Å². The molecule has 0 amide bonds. The van der Waals surface area contributed by atoms with Gasteiger partial charge in [0.05, 0.1) is 19.9 Å². The van der Waals surface area contributed by atoms with Gasteiger partial charge in [-0.05, 0) is 40.9 Å². The number of thiocarbonyl (C=S) groups is 1. The fourth-order valence-electron chi connectivity index (χ4n) is 3.57. The molecular formula is C24H33N3O2S. The van der Waals surface area contributed by atoms with Gasteiger partial charge < -0.3 is 19.7 Å². The second kappa shape index (κ2) is 9.67. The zero-order valence-electron chi connectivity index (χ0n) is 18.7. The van der Waals surface area contributed by atoms with Crippen LogP contribution in [0.25, 0.3) is 0 Å². The Balaban J connectivity index is 1.52. The fourth-order valence-corrected chi connectivity index (χ4v) is 3.87. The normalized spacial score (nSPS) is 15.0. The van der Waals surface area contributed by atoms with E-state index in [9.17, 15) is 0 Å². The van der Waals surface area contributed by atoms with Crippen molar-refractivity contribution in [3.05, 3.63) is 53.6 Å². The highest BCUT2D eigenvalue weighted by Crippen LogP contribution is 2.29. The molecule has 5 nitrogen and oxygen atoms in total. The van der Waals surface area contributed by atoms with Crippen LogP contribution >= 0.6 is 12.2 Å². The number of hydrogen-bond acceptors (Lipinski definition) is 4. The number of rotatable bonds is 5. The van der Waals surface area contributed by atoms with Crippen LogP contribution in [0.2, 0.25) is 0 Å².